The number of hydrogen-bond acceptors (Lipinski definition) is 6. The van der Waals surface area contributed by atoms with Crippen LogP contribution >= 0.6 is 11.6 Å². The first-order valence-electron chi connectivity index (χ1n) is 11.3. The molecule has 0 bridgehead atoms. The molecule has 3 aromatic heterocycles. The van der Waals surface area contributed by atoms with E-state index in [2.05, 4.69) is 15.1 Å². The Morgan fingerprint density at radius 1 is 1.09 bits per heavy atom. The van der Waals surface area contributed by atoms with Crippen LogP contribution in [0.5, 0.6) is 11.5 Å². The number of alkyl halides is 2. The third-order valence-electron chi connectivity index (χ3n) is 6.27. The maximum absolute atomic E-state index is 13.5. The summed E-state index contributed by atoms with van der Waals surface area (Å²) in [5.41, 5.74) is 3.81. The fourth-order valence-corrected chi connectivity index (χ4v) is 4.65. The summed E-state index contributed by atoms with van der Waals surface area (Å²) in [5, 5.41) is 4.73. The molecule has 1 fully saturated rings. The molecule has 7 nitrogen and oxygen atoms in total. The van der Waals surface area contributed by atoms with Crippen LogP contribution in [0.2, 0.25) is 5.02 Å². The first kappa shape index (κ1) is 21.9. The Balaban J connectivity index is 1.29. The number of nitrogens with zero attached hydrogens (tertiary/aromatic N) is 5. The minimum absolute atomic E-state index is 0.0501. The Kier molecular flexibility index (Phi) is 5.17. The van der Waals surface area contributed by atoms with Crippen LogP contribution in [-0.4, -0.2) is 30.7 Å². The summed E-state index contributed by atoms with van der Waals surface area (Å²) in [5.74, 6) is -1.02. The van der Waals surface area contributed by atoms with Gasteiger partial charge in [-0.2, -0.15) is 5.10 Å². The highest BCUT2D eigenvalue weighted by molar-refractivity contribution is 6.36. The Labute approximate surface area is 203 Å². The summed E-state index contributed by atoms with van der Waals surface area (Å²) in [6.45, 7) is 1.79. The highest BCUT2D eigenvalue weighted by atomic mass is 35.5. The molecule has 0 spiro atoms. The van der Waals surface area contributed by atoms with Gasteiger partial charge in [-0.25, -0.2) is 18.7 Å². The summed E-state index contributed by atoms with van der Waals surface area (Å²) in [7, 11) is 0. The zero-order valence-corrected chi connectivity index (χ0v) is 19.5. The van der Waals surface area contributed by atoms with Gasteiger partial charge in [-0.3, -0.25) is 9.67 Å². The molecule has 1 saturated carbocycles. The molecule has 2 aromatic carbocycles. The number of fused-ring (bicyclic) bond motifs is 2. The molecule has 10 heteroatoms. The normalized spacial score (nSPS) is 16.2. The fourth-order valence-electron chi connectivity index (χ4n) is 4.41. The van der Waals surface area contributed by atoms with E-state index in [1.807, 2.05) is 12.3 Å². The number of hydrogen-bond donors (Lipinski definition) is 0. The van der Waals surface area contributed by atoms with Crippen LogP contribution < -0.4 is 4.74 Å². The molecule has 0 saturated heterocycles. The lowest BCUT2D eigenvalue weighted by Gasteiger charge is -2.28. The molecule has 35 heavy (non-hydrogen) atoms. The molecule has 0 radical (unpaired) electrons. The first-order valence-corrected chi connectivity index (χ1v) is 11.7. The number of aryl methyl sites for hydroxylation is 1. The van der Waals surface area contributed by atoms with Crippen molar-refractivity contribution in [3.05, 3.63) is 59.8 Å². The molecule has 1 aliphatic rings. The van der Waals surface area contributed by atoms with Crippen LogP contribution in [0.4, 0.5) is 8.78 Å². The summed E-state index contributed by atoms with van der Waals surface area (Å²) in [4.78, 5) is 13.5. The molecule has 0 unspecified atom stereocenters. The smallest absolute Gasteiger partial charge is 0.248 e. The van der Waals surface area contributed by atoms with E-state index in [-0.39, 0.29) is 18.9 Å². The monoisotopic (exact) mass is 495 g/mol. The van der Waals surface area contributed by atoms with Crippen molar-refractivity contribution in [3.8, 4) is 22.8 Å². The molecule has 178 valence electrons. The van der Waals surface area contributed by atoms with E-state index >= 15 is 0 Å². The number of benzene rings is 2. The van der Waals surface area contributed by atoms with Gasteiger partial charge >= 0.3 is 0 Å². The van der Waals surface area contributed by atoms with Crippen LogP contribution in [0.3, 0.4) is 0 Å². The second kappa shape index (κ2) is 8.27. The van der Waals surface area contributed by atoms with Gasteiger partial charge in [0, 0.05) is 37.6 Å². The maximum Gasteiger partial charge on any atom is 0.248 e. The Morgan fingerprint density at radius 3 is 2.71 bits per heavy atom. The molecular formula is C25H20ClF2N5O2. The highest BCUT2D eigenvalue weighted by Crippen LogP contribution is 2.39. The third kappa shape index (κ3) is 4.20. The van der Waals surface area contributed by atoms with Crippen LogP contribution in [0, 0.1) is 6.92 Å². The van der Waals surface area contributed by atoms with Gasteiger partial charge in [0.1, 0.15) is 27.6 Å². The molecule has 1 aliphatic carbocycles. The average Bonchev–Trinajstić information content (AvgIpc) is 3.47. The minimum Gasteiger partial charge on any atom is -0.456 e. The van der Waals surface area contributed by atoms with Gasteiger partial charge in [0.2, 0.25) is 5.92 Å². The zero-order valence-electron chi connectivity index (χ0n) is 18.7. The Morgan fingerprint density at radius 2 is 1.89 bits per heavy atom. The molecule has 0 amide bonds. The third-order valence-corrected chi connectivity index (χ3v) is 6.64. The maximum atomic E-state index is 13.5. The molecule has 6 rings (SSSR count). The highest BCUT2D eigenvalue weighted by Gasteiger charge is 2.35. The number of oxazole rings is 1. The van der Waals surface area contributed by atoms with Crippen LogP contribution in [0.1, 0.15) is 37.6 Å². The molecule has 0 N–H and O–H groups in total. The van der Waals surface area contributed by atoms with E-state index in [0.29, 0.717) is 57.6 Å². The fraction of sp³-hybridized carbons (Fsp3) is 0.280. The molecule has 0 atom stereocenters. The van der Waals surface area contributed by atoms with Crippen LogP contribution in [0.15, 0.2) is 53.3 Å². The van der Waals surface area contributed by atoms with Crippen molar-refractivity contribution < 1.29 is 17.9 Å². The number of rotatable bonds is 4. The van der Waals surface area contributed by atoms with Crippen molar-refractivity contribution in [3.63, 3.8) is 0 Å². The molecular weight excluding hydrogens is 476 g/mol. The van der Waals surface area contributed by atoms with Crippen LogP contribution in [-0.2, 0) is 0 Å². The second-order valence-electron chi connectivity index (χ2n) is 8.76. The standard InChI is InChI=1S/C25H20ClF2N5O2/c1-14-31-18-3-2-17(10-22(18)34-14)35-21-5-4-19-24(23(21)26)32-20(12-29-19)15-11-30-33(13-15)16-6-8-25(27,28)9-7-16/h2-5,10-13,16H,6-9H2,1H3. The van der Waals surface area contributed by atoms with E-state index in [4.69, 9.17) is 25.7 Å². The quantitative estimate of drug-likeness (QED) is 0.263. The van der Waals surface area contributed by atoms with Gasteiger partial charge in [-0.1, -0.05) is 11.6 Å². The van der Waals surface area contributed by atoms with E-state index < -0.39 is 5.92 Å². The lowest BCUT2D eigenvalue weighted by atomic mass is 9.92. The lowest BCUT2D eigenvalue weighted by molar-refractivity contribution is -0.0449. The topological polar surface area (TPSA) is 78.9 Å². The van der Waals surface area contributed by atoms with Crippen molar-refractivity contribution in [1.82, 2.24) is 24.7 Å². The average molecular weight is 496 g/mol. The van der Waals surface area contributed by atoms with Crippen molar-refractivity contribution in [2.45, 2.75) is 44.6 Å². The van der Waals surface area contributed by atoms with E-state index in [1.165, 1.54) is 0 Å². The largest absolute Gasteiger partial charge is 0.456 e. The van der Waals surface area contributed by atoms with Gasteiger partial charge in [-0.05, 0) is 37.1 Å². The Hall–Kier alpha value is -3.59. The minimum atomic E-state index is -2.58. The summed E-state index contributed by atoms with van der Waals surface area (Å²) in [6, 6.07) is 8.85. The van der Waals surface area contributed by atoms with Gasteiger partial charge in [-0.15, -0.1) is 0 Å². The van der Waals surface area contributed by atoms with Crippen LogP contribution in [0.25, 0.3) is 33.4 Å². The summed E-state index contributed by atoms with van der Waals surface area (Å²) in [6.07, 6.45) is 5.69. The van der Waals surface area contributed by atoms with Gasteiger partial charge in [0.05, 0.1) is 29.6 Å². The van der Waals surface area contributed by atoms with Crippen molar-refractivity contribution in [2.24, 2.45) is 0 Å². The predicted octanol–water partition coefficient (Wildman–Crippen LogP) is 7.14. The first-order chi connectivity index (χ1) is 16.8. The molecule has 5 aromatic rings. The predicted molar refractivity (Wildman–Crippen MR) is 127 cm³/mol. The lowest BCUT2D eigenvalue weighted by Crippen LogP contribution is -2.26. The van der Waals surface area contributed by atoms with Gasteiger partial charge < -0.3 is 9.15 Å². The zero-order chi connectivity index (χ0) is 24.2. The number of aromatic nitrogens is 5. The molecule has 3 heterocycles. The number of ether oxygens (including phenoxy) is 1. The number of halogens is 3. The molecule has 0 aliphatic heterocycles. The van der Waals surface area contributed by atoms with Crippen molar-refractivity contribution in [2.75, 3.05) is 0 Å². The van der Waals surface area contributed by atoms with E-state index in [1.54, 1.807) is 48.3 Å². The van der Waals surface area contributed by atoms with E-state index in [0.717, 1.165) is 11.1 Å². The van der Waals surface area contributed by atoms with Crippen molar-refractivity contribution >= 4 is 33.7 Å². The van der Waals surface area contributed by atoms with Crippen molar-refractivity contribution in [1.29, 1.82) is 0 Å². The van der Waals surface area contributed by atoms with Gasteiger partial charge in [0.15, 0.2) is 11.5 Å². The summed E-state index contributed by atoms with van der Waals surface area (Å²) < 4.78 is 40.4. The van der Waals surface area contributed by atoms with Gasteiger partial charge in [0.25, 0.3) is 0 Å². The second-order valence-corrected chi connectivity index (χ2v) is 9.14. The SMILES string of the molecule is Cc1nc2ccc(Oc3ccc4ncc(-c5cnn(C6CCC(F)(F)CC6)c5)nc4c3Cl)cc2o1. The Bertz CT molecular complexity index is 1550. The summed E-state index contributed by atoms with van der Waals surface area (Å²) >= 11 is 6.67. The van der Waals surface area contributed by atoms with E-state index in [9.17, 15) is 8.78 Å².